The second-order valence-electron chi connectivity index (χ2n) is 4.25. The van der Waals surface area contributed by atoms with E-state index in [1.807, 2.05) is 0 Å². The first-order chi connectivity index (χ1) is 6.83. The molecular weight excluding hydrogens is 218 g/mol. The van der Waals surface area contributed by atoms with E-state index in [4.69, 9.17) is 5.11 Å². The van der Waals surface area contributed by atoms with E-state index in [1.165, 1.54) is 0 Å². The molecule has 0 bridgehead atoms. The van der Waals surface area contributed by atoms with Crippen molar-refractivity contribution in [2.75, 3.05) is 12.3 Å². The Balaban J connectivity index is 2.71. The Morgan fingerprint density at radius 2 is 2.00 bits per heavy atom. The van der Waals surface area contributed by atoms with Crippen molar-refractivity contribution in [3.05, 3.63) is 0 Å². The molecule has 6 heteroatoms. The number of carbonyl (C=O) groups is 1. The Labute approximate surface area is 90.1 Å². The number of aliphatic carboxylic acids is 1. The Hall–Kier alpha value is -0.620. The van der Waals surface area contributed by atoms with Crippen molar-refractivity contribution in [3.63, 3.8) is 0 Å². The fraction of sp³-hybridized carbons (Fsp3) is 0.889. The summed E-state index contributed by atoms with van der Waals surface area (Å²) in [6.07, 6.45) is 1.89. The summed E-state index contributed by atoms with van der Waals surface area (Å²) in [5.41, 5.74) is 0. The first-order valence-electron chi connectivity index (χ1n) is 5.04. The summed E-state index contributed by atoms with van der Waals surface area (Å²) in [6, 6.07) is -0.301. The fourth-order valence-corrected chi connectivity index (χ4v) is 3.48. The molecule has 0 heterocycles. The average Bonchev–Trinajstić information content (AvgIpc) is 2.82. The molecule has 1 saturated carbocycles. The molecule has 0 unspecified atom stereocenters. The van der Waals surface area contributed by atoms with E-state index >= 15 is 0 Å². The molecule has 15 heavy (non-hydrogen) atoms. The largest absolute Gasteiger partial charge is 0.480 e. The highest BCUT2D eigenvalue weighted by Crippen LogP contribution is 2.31. The maximum Gasteiger partial charge on any atom is 0.318 e. The average molecular weight is 235 g/mol. The zero-order valence-electron chi connectivity index (χ0n) is 9.01. The number of hydrogen-bond donors (Lipinski definition) is 1. The number of nitrogens with zero attached hydrogens (tertiary/aromatic N) is 1. The zero-order valence-corrected chi connectivity index (χ0v) is 9.83. The van der Waals surface area contributed by atoms with Crippen LogP contribution < -0.4 is 0 Å². The lowest BCUT2D eigenvalue weighted by Crippen LogP contribution is -2.42. The highest BCUT2D eigenvalue weighted by Gasteiger charge is 2.34. The van der Waals surface area contributed by atoms with Crippen molar-refractivity contribution < 1.29 is 18.3 Å². The molecular formula is C9H17NO4S. The number of hydrogen-bond acceptors (Lipinski definition) is 3. The van der Waals surface area contributed by atoms with Crippen molar-refractivity contribution in [3.8, 4) is 0 Å². The lowest BCUT2D eigenvalue weighted by Gasteiger charge is -2.23. The Morgan fingerprint density at radius 1 is 1.47 bits per heavy atom. The highest BCUT2D eigenvalue weighted by molar-refractivity contribution is 7.89. The van der Waals surface area contributed by atoms with Crippen molar-refractivity contribution in [2.45, 2.75) is 32.7 Å². The number of sulfonamides is 1. The van der Waals surface area contributed by atoms with E-state index in [1.54, 1.807) is 13.8 Å². The van der Waals surface area contributed by atoms with E-state index in [0.29, 0.717) is 0 Å². The van der Waals surface area contributed by atoms with E-state index in [-0.39, 0.29) is 17.7 Å². The summed E-state index contributed by atoms with van der Waals surface area (Å²) in [4.78, 5) is 10.6. The van der Waals surface area contributed by atoms with Gasteiger partial charge in [0, 0.05) is 6.04 Å². The van der Waals surface area contributed by atoms with Crippen LogP contribution in [0.1, 0.15) is 26.7 Å². The van der Waals surface area contributed by atoms with E-state index in [2.05, 4.69) is 0 Å². The van der Waals surface area contributed by atoms with Gasteiger partial charge < -0.3 is 5.11 Å². The fourth-order valence-electron chi connectivity index (χ4n) is 1.41. The van der Waals surface area contributed by atoms with E-state index in [0.717, 1.165) is 17.1 Å². The second kappa shape index (κ2) is 4.49. The summed E-state index contributed by atoms with van der Waals surface area (Å²) < 4.78 is 24.7. The SMILES string of the molecule is CC(C)N(CC(=O)O)S(=O)(=O)CC1CC1. The second-order valence-corrected chi connectivity index (χ2v) is 6.22. The molecule has 1 aliphatic rings. The molecule has 0 radical (unpaired) electrons. The summed E-state index contributed by atoms with van der Waals surface area (Å²) >= 11 is 0. The van der Waals surface area contributed by atoms with Gasteiger partial charge in [-0.3, -0.25) is 4.79 Å². The van der Waals surface area contributed by atoms with Gasteiger partial charge in [0.05, 0.1) is 5.75 Å². The van der Waals surface area contributed by atoms with Crippen LogP contribution in [0.15, 0.2) is 0 Å². The molecule has 1 fully saturated rings. The summed E-state index contributed by atoms with van der Waals surface area (Å²) in [5, 5.41) is 8.64. The first-order valence-corrected chi connectivity index (χ1v) is 6.65. The molecule has 0 saturated heterocycles. The monoisotopic (exact) mass is 235 g/mol. The Kier molecular flexibility index (Phi) is 3.72. The molecule has 88 valence electrons. The van der Waals surface area contributed by atoms with Gasteiger partial charge in [0.2, 0.25) is 10.0 Å². The number of carboxylic acids is 1. The lowest BCUT2D eigenvalue weighted by molar-refractivity contribution is -0.137. The summed E-state index contributed by atoms with van der Waals surface area (Å²) in [7, 11) is -3.40. The minimum Gasteiger partial charge on any atom is -0.480 e. The minimum atomic E-state index is -3.40. The summed E-state index contributed by atoms with van der Waals surface area (Å²) in [6.45, 7) is 2.94. The molecule has 0 spiro atoms. The van der Waals surface area contributed by atoms with Gasteiger partial charge in [-0.15, -0.1) is 0 Å². The lowest BCUT2D eigenvalue weighted by atomic mass is 10.4. The molecule has 0 atom stereocenters. The predicted molar refractivity (Wildman–Crippen MR) is 56.0 cm³/mol. The van der Waals surface area contributed by atoms with Crippen LogP contribution in [0.4, 0.5) is 0 Å². The van der Waals surface area contributed by atoms with Gasteiger partial charge in [-0.2, -0.15) is 4.31 Å². The van der Waals surface area contributed by atoms with Gasteiger partial charge in [-0.1, -0.05) is 0 Å². The van der Waals surface area contributed by atoms with Crippen LogP contribution in [-0.4, -0.2) is 42.1 Å². The molecule has 1 aliphatic carbocycles. The van der Waals surface area contributed by atoms with Gasteiger partial charge in [0.25, 0.3) is 0 Å². The standard InChI is InChI=1S/C9H17NO4S/c1-7(2)10(5-9(11)12)15(13,14)6-8-3-4-8/h7-8H,3-6H2,1-2H3,(H,11,12). The first kappa shape index (κ1) is 12.4. The quantitative estimate of drug-likeness (QED) is 0.728. The van der Waals surface area contributed by atoms with Crippen LogP contribution in [0.25, 0.3) is 0 Å². The van der Waals surface area contributed by atoms with Gasteiger partial charge in [0.1, 0.15) is 6.54 Å². The number of rotatable bonds is 6. The van der Waals surface area contributed by atoms with Crippen molar-refractivity contribution in [1.82, 2.24) is 4.31 Å². The van der Waals surface area contributed by atoms with Gasteiger partial charge >= 0.3 is 5.97 Å². The van der Waals surface area contributed by atoms with Gasteiger partial charge in [-0.05, 0) is 32.6 Å². The van der Waals surface area contributed by atoms with Gasteiger partial charge in [-0.25, -0.2) is 8.42 Å². The van der Waals surface area contributed by atoms with Crippen molar-refractivity contribution >= 4 is 16.0 Å². The Bertz CT molecular complexity index is 332. The van der Waals surface area contributed by atoms with Crippen LogP contribution in [0, 0.1) is 5.92 Å². The van der Waals surface area contributed by atoms with Crippen LogP contribution >= 0.6 is 0 Å². The molecule has 5 nitrogen and oxygen atoms in total. The smallest absolute Gasteiger partial charge is 0.318 e. The molecule has 0 amide bonds. The molecule has 1 N–H and O–H groups in total. The maximum absolute atomic E-state index is 11.8. The van der Waals surface area contributed by atoms with Crippen molar-refractivity contribution in [1.29, 1.82) is 0 Å². The van der Waals surface area contributed by atoms with Crippen molar-refractivity contribution in [2.24, 2.45) is 5.92 Å². The molecule has 0 aromatic carbocycles. The third-order valence-corrected chi connectivity index (χ3v) is 4.53. The zero-order chi connectivity index (χ0) is 11.6. The third-order valence-electron chi connectivity index (χ3n) is 2.37. The van der Waals surface area contributed by atoms with Crippen LogP contribution in [-0.2, 0) is 14.8 Å². The van der Waals surface area contributed by atoms with E-state index in [9.17, 15) is 13.2 Å². The molecule has 1 rings (SSSR count). The van der Waals surface area contributed by atoms with Crippen LogP contribution in [0.2, 0.25) is 0 Å². The number of carboxylic acid groups (broad SMARTS) is 1. The maximum atomic E-state index is 11.8. The third kappa shape index (κ3) is 3.79. The normalized spacial score (nSPS) is 17.3. The van der Waals surface area contributed by atoms with Gasteiger partial charge in [0.15, 0.2) is 0 Å². The Morgan fingerprint density at radius 3 is 2.33 bits per heavy atom. The predicted octanol–water partition coefficient (Wildman–Crippen LogP) is 0.521. The van der Waals surface area contributed by atoms with Crippen LogP contribution in [0.5, 0.6) is 0 Å². The molecule has 0 aromatic rings. The molecule has 0 aromatic heterocycles. The minimum absolute atomic E-state index is 0.0957. The highest BCUT2D eigenvalue weighted by atomic mass is 32.2. The van der Waals surface area contributed by atoms with E-state index < -0.39 is 22.5 Å². The topological polar surface area (TPSA) is 74.7 Å². The summed E-state index contributed by atoms with van der Waals surface area (Å²) in [5.74, 6) is -0.772. The molecule has 0 aliphatic heterocycles. The van der Waals surface area contributed by atoms with Crippen LogP contribution in [0.3, 0.4) is 0 Å².